The number of aromatic nitrogens is 4. The van der Waals surface area contributed by atoms with Gasteiger partial charge in [-0.1, -0.05) is 30.3 Å². The van der Waals surface area contributed by atoms with Gasteiger partial charge in [0.15, 0.2) is 0 Å². The van der Waals surface area contributed by atoms with E-state index in [9.17, 15) is 4.79 Å². The van der Waals surface area contributed by atoms with E-state index in [0.29, 0.717) is 22.0 Å². The zero-order valence-corrected chi connectivity index (χ0v) is 12.8. The van der Waals surface area contributed by atoms with E-state index >= 15 is 0 Å². The average molecular weight is 316 g/mol. The number of carbonyl (C=O) groups is 1. The van der Waals surface area contributed by atoms with Crippen LogP contribution in [0.25, 0.3) is 33.1 Å². The van der Waals surface area contributed by atoms with Crippen LogP contribution in [0.1, 0.15) is 10.4 Å². The molecule has 6 heteroatoms. The summed E-state index contributed by atoms with van der Waals surface area (Å²) in [6.45, 7) is 0. The molecular formula is C18H12N4O2. The van der Waals surface area contributed by atoms with E-state index in [1.54, 1.807) is 24.7 Å². The van der Waals surface area contributed by atoms with E-state index in [-0.39, 0.29) is 0 Å². The minimum atomic E-state index is -0.465. The van der Waals surface area contributed by atoms with Crippen LogP contribution in [-0.2, 0) is 4.74 Å². The van der Waals surface area contributed by atoms with Gasteiger partial charge in [0.1, 0.15) is 5.52 Å². The average Bonchev–Trinajstić information content (AvgIpc) is 3.02. The fourth-order valence-corrected chi connectivity index (χ4v) is 2.75. The summed E-state index contributed by atoms with van der Waals surface area (Å²) < 4.78 is 4.88. The lowest BCUT2D eigenvalue weighted by Crippen LogP contribution is -2.02. The van der Waals surface area contributed by atoms with E-state index in [2.05, 4.69) is 20.2 Å². The first-order valence-corrected chi connectivity index (χ1v) is 7.32. The van der Waals surface area contributed by atoms with Crippen molar-refractivity contribution in [1.29, 1.82) is 0 Å². The Labute approximate surface area is 137 Å². The molecule has 0 amide bonds. The molecule has 4 rings (SSSR count). The minimum absolute atomic E-state index is 0.351. The maximum Gasteiger partial charge on any atom is 0.340 e. The van der Waals surface area contributed by atoms with Crippen LogP contribution in [0.5, 0.6) is 0 Å². The Balaban J connectivity index is 2.18. The summed E-state index contributed by atoms with van der Waals surface area (Å²) in [7, 11) is 1.34. The number of fused-ring (bicyclic) bond motifs is 3. The largest absolute Gasteiger partial charge is 0.465 e. The minimum Gasteiger partial charge on any atom is -0.465 e. The van der Waals surface area contributed by atoms with E-state index < -0.39 is 5.97 Å². The number of nitrogens with zero attached hydrogens (tertiary/aromatic N) is 4. The van der Waals surface area contributed by atoms with Crippen LogP contribution in [0.2, 0.25) is 0 Å². The lowest BCUT2D eigenvalue weighted by molar-refractivity contribution is 0.0603. The molecule has 0 atom stereocenters. The van der Waals surface area contributed by atoms with Gasteiger partial charge in [-0.3, -0.25) is 9.97 Å². The number of rotatable bonds is 2. The third kappa shape index (κ3) is 2.16. The van der Waals surface area contributed by atoms with Crippen molar-refractivity contribution >= 4 is 27.8 Å². The van der Waals surface area contributed by atoms with Crippen LogP contribution in [-0.4, -0.2) is 33.2 Å². The summed E-state index contributed by atoms with van der Waals surface area (Å²) in [6, 6.07) is 11.5. The molecule has 4 aromatic rings. The summed E-state index contributed by atoms with van der Waals surface area (Å²) in [5.41, 5.74) is 3.19. The van der Waals surface area contributed by atoms with Crippen molar-refractivity contribution in [3.63, 3.8) is 0 Å². The van der Waals surface area contributed by atoms with Crippen LogP contribution in [0.4, 0.5) is 0 Å². The van der Waals surface area contributed by atoms with Gasteiger partial charge in [0, 0.05) is 28.7 Å². The molecule has 0 saturated carbocycles. The van der Waals surface area contributed by atoms with E-state index in [1.807, 2.05) is 30.3 Å². The highest BCUT2D eigenvalue weighted by atomic mass is 16.5. The van der Waals surface area contributed by atoms with Gasteiger partial charge in [0.2, 0.25) is 0 Å². The second-order valence-corrected chi connectivity index (χ2v) is 5.19. The predicted molar refractivity (Wildman–Crippen MR) is 89.4 cm³/mol. The third-order valence-electron chi connectivity index (χ3n) is 3.84. The van der Waals surface area contributed by atoms with Gasteiger partial charge in [0.25, 0.3) is 0 Å². The van der Waals surface area contributed by atoms with Crippen LogP contribution < -0.4 is 0 Å². The van der Waals surface area contributed by atoms with Crippen LogP contribution in [0, 0.1) is 0 Å². The first-order valence-electron chi connectivity index (χ1n) is 7.32. The molecule has 24 heavy (non-hydrogen) atoms. The van der Waals surface area contributed by atoms with Gasteiger partial charge in [-0.25, -0.2) is 4.79 Å². The summed E-state index contributed by atoms with van der Waals surface area (Å²) in [4.78, 5) is 21.1. The van der Waals surface area contributed by atoms with Gasteiger partial charge >= 0.3 is 5.97 Å². The van der Waals surface area contributed by atoms with E-state index in [4.69, 9.17) is 4.74 Å². The zero-order valence-electron chi connectivity index (χ0n) is 12.8. The van der Waals surface area contributed by atoms with Crippen LogP contribution in [0.3, 0.4) is 0 Å². The van der Waals surface area contributed by atoms with E-state index in [0.717, 1.165) is 16.6 Å². The Morgan fingerprint density at radius 1 is 1.00 bits per heavy atom. The monoisotopic (exact) mass is 316 g/mol. The number of hydrogen-bond acceptors (Lipinski definition) is 6. The number of hydrogen-bond donors (Lipinski definition) is 0. The number of esters is 1. The molecule has 0 radical (unpaired) electrons. The summed E-state index contributed by atoms with van der Waals surface area (Å²) >= 11 is 0. The molecule has 0 aliphatic heterocycles. The van der Waals surface area contributed by atoms with Crippen molar-refractivity contribution in [2.75, 3.05) is 7.11 Å². The summed E-state index contributed by atoms with van der Waals surface area (Å²) in [5.74, 6) is -0.465. The topological polar surface area (TPSA) is 77.9 Å². The number of methoxy groups -OCH3 is 1. The first-order chi connectivity index (χ1) is 11.8. The molecule has 0 spiro atoms. The Bertz CT molecular complexity index is 1060. The normalized spacial score (nSPS) is 10.9. The lowest BCUT2D eigenvalue weighted by Gasteiger charge is -2.05. The standard InChI is InChI=1S/C18H12N4O2/c1-24-18(23)13-9-12-15(11-5-3-2-4-6-11)19-7-8-20-16(12)14-10-21-22-17(13)14/h2-10H,1H3. The third-order valence-corrected chi connectivity index (χ3v) is 3.84. The number of ether oxygens (including phenoxy) is 1. The number of benzene rings is 2. The molecule has 2 heterocycles. The van der Waals surface area contributed by atoms with Crippen molar-refractivity contribution in [1.82, 2.24) is 20.2 Å². The van der Waals surface area contributed by atoms with Crippen LogP contribution >= 0.6 is 0 Å². The Kier molecular flexibility index (Phi) is 3.35. The highest BCUT2D eigenvalue weighted by Crippen LogP contribution is 2.31. The number of carbonyl (C=O) groups excluding carboxylic acids is 1. The lowest BCUT2D eigenvalue weighted by atomic mass is 10.0. The summed E-state index contributed by atoms with van der Waals surface area (Å²) in [6.07, 6.45) is 4.86. The predicted octanol–water partition coefficient (Wildman–Crippen LogP) is 3.03. The highest BCUT2D eigenvalue weighted by molar-refractivity contribution is 6.15. The maximum absolute atomic E-state index is 12.2. The van der Waals surface area contributed by atoms with Gasteiger partial charge in [-0.15, -0.1) is 5.10 Å². The molecule has 0 bridgehead atoms. The van der Waals surface area contributed by atoms with Crippen LogP contribution in [0.15, 0.2) is 55.0 Å². The van der Waals surface area contributed by atoms with Gasteiger partial charge in [-0.2, -0.15) is 5.10 Å². The Morgan fingerprint density at radius 3 is 2.58 bits per heavy atom. The molecular weight excluding hydrogens is 304 g/mol. The Hall–Kier alpha value is -3.41. The molecule has 0 N–H and O–H groups in total. The fourth-order valence-electron chi connectivity index (χ4n) is 2.75. The van der Waals surface area contributed by atoms with Crippen molar-refractivity contribution in [3.05, 3.63) is 60.6 Å². The molecule has 116 valence electrons. The zero-order chi connectivity index (χ0) is 16.5. The van der Waals surface area contributed by atoms with Crippen molar-refractivity contribution in [3.8, 4) is 11.3 Å². The molecule has 0 saturated heterocycles. The van der Waals surface area contributed by atoms with Crippen molar-refractivity contribution in [2.24, 2.45) is 0 Å². The second kappa shape index (κ2) is 5.66. The first kappa shape index (κ1) is 14.2. The molecule has 2 aromatic carbocycles. The molecule has 0 aliphatic rings. The summed E-state index contributed by atoms with van der Waals surface area (Å²) in [5, 5.41) is 9.42. The van der Waals surface area contributed by atoms with Crippen molar-refractivity contribution in [2.45, 2.75) is 0 Å². The fraction of sp³-hybridized carbons (Fsp3) is 0.0556. The van der Waals surface area contributed by atoms with Gasteiger partial charge < -0.3 is 4.74 Å². The van der Waals surface area contributed by atoms with E-state index in [1.165, 1.54) is 7.11 Å². The molecule has 6 nitrogen and oxygen atoms in total. The SMILES string of the molecule is COC(=O)c1cc2c(-c3ccccc3)nccnc2c2cnnc12. The highest BCUT2D eigenvalue weighted by Gasteiger charge is 2.18. The van der Waals surface area contributed by atoms with Gasteiger partial charge in [-0.05, 0) is 6.07 Å². The molecule has 0 unspecified atom stereocenters. The molecule has 2 aromatic heterocycles. The second-order valence-electron chi connectivity index (χ2n) is 5.19. The maximum atomic E-state index is 12.2. The smallest absolute Gasteiger partial charge is 0.340 e. The quantitative estimate of drug-likeness (QED) is 0.529. The Morgan fingerprint density at radius 2 is 1.79 bits per heavy atom. The molecule has 0 fully saturated rings. The van der Waals surface area contributed by atoms with Gasteiger partial charge in [0.05, 0.1) is 30.1 Å². The van der Waals surface area contributed by atoms with Crippen molar-refractivity contribution < 1.29 is 9.53 Å². The molecule has 0 aliphatic carbocycles.